The number of aliphatic carboxylic acids is 2. The number of carboxylic acids is 2. The maximum Gasteiger partial charge on any atom is 0.394 e. The van der Waals surface area contributed by atoms with Crippen LogP contribution < -0.4 is 11.5 Å². The Morgan fingerprint density at radius 3 is 1.16 bits per heavy atom. The number of hydrogen-bond donors (Lipinski definition) is 8. The van der Waals surface area contributed by atoms with E-state index in [-0.39, 0.29) is 37.2 Å². The Hall–Kier alpha value is -1.87. The first kappa shape index (κ1) is 28.0. The summed E-state index contributed by atoms with van der Waals surface area (Å²) in [5, 5.41) is 33.3. The fourth-order valence-corrected chi connectivity index (χ4v) is 0.944. The summed E-state index contributed by atoms with van der Waals surface area (Å²) in [6, 6.07) is -1.27. The number of nitrogens with two attached hydrogens (primary N) is 2. The molecule has 0 aliphatic heterocycles. The van der Waals surface area contributed by atoms with E-state index in [1.807, 2.05) is 0 Å². The Balaban J connectivity index is -0.000000308. The second kappa shape index (κ2) is 14.5. The quantitative estimate of drug-likeness (QED) is 0.166. The van der Waals surface area contributed by atoms with Crippen molar-refractivity contribution >= 4 is 22.3 Å². The molecule has 2 unspecified atom stereocenters. The molecule has 10 N–H and O–H groups in total. The van der Waals surface area contributed by atoms with Crippen molar-refractivity contribution in [2.75, 3.05) is 13.2 Å². The maximum atomic E-state index is 10.2. The molecule has 0 aliphatic carbocycles. The third-order valence-corrected chi connectivity index (χ3v) is 2.32. The normalized spacial score (nSPS) is 12.4. The van der Waals surface area contributed by atoms with E-state index in [1.54, 1.807) is 0 Å². The second-order valence-electron chi connectivity index (χ2n) is 4.35. The summed E-state index contributed by atoms with van der Waals surface area (Å²) < 4.78 is 31.6. The van der Waals surface area contributed by atoms with E-state index in [9.17, 15) is 9.59 Å². The van der Waals surface area contributed by atoms with Crippen LogP contribution in [0.5, 0.6) is 0 Å². The Morgan fingerprint density at radius 1 is 0.840 bits per heavy atom. The van der Waals surface area contributed by atoms with Gasteiger partial charge in [0.25, 0.3) is 0 Å². The predicted octanol–water partition coefficient (Wildman–Crippen LogP) is -1.98. The van der Waals surface area contributed by atoms with Gasteiger partial charge in [-0.05, 0) is 12.8 Å². The lowest BCUT2D eigenvalue weighted by molar-refractivity contribution is -0.133. The Kier molecular flexibility index (Phi) is 16.2. The highest BCUT2D eigenvalue weighted by molar-refractivity contribution is 7.79. The highest BCUT2D eigenvalue weighted by atomic mass is 32.3. The van der Waals surface area contributed by atoms with Gasteiger partial charge in [0.15, 0.2) is 0 Å². The highest BCUT2D eigenvalue weighted by Gasteiger charge is 2.12. The molecule has 25 heavy (non-hydrogen) atoms. The van der Waals surface area contributed by atoms with Gasteiger partial charge in [-0.3, -0.25) is 9.11 Å². The van der Waals surface area contributed by atoms with Crippen LogP contribution in [0.3, 0.4) is 0 Å². The summed E-state index contributed by atoms with van der Waals surface area (Å²) in [4.78, 5) is 20.3. The smallest absolute Gasteiger partial charge is 0.394 e. The molecule has 0 fully saturated rings. The molecule has 13 heteroatoms. The van der Waals surface area contributed by atoms with Crippen LogP contribution in [-0.4, -0.2) is 75.2 Å². The predicted molar refractivity (Wildman–Crippen MR) is 87.1 cm³/mol. The summed E-state index contributed by atoms with van der Waals surface area (Å²) in [7, 11) is -4.67. The van der Waals surface area contributed by atoms with Crippen LogP contribution in [-0.2, 0) is 20.0 Å². The molecule has 0 aromatic rings. The molecular formula is C12H24N2O10S. The number of carbonyl (C=O) groups is 2. The van der Waals surface area contributed by atoms with Gasteiger partial charge in [0, 0.05) is 36.4 Å². The van der Waals surface area contributed by atoms with Crippen LogP contribution in [0.4, 0.5) is 0 Å². The zero-order valence-corrected chi connectivity index (χ0v) is 14.1. The first-order valence-corrected chi connectivity index (χ1v) is 7.85. The topological polar surface area (TPSA) is 242 Å². The Bertz CT molecular complexity index is 504. The van der Waals surface area contributed by atoms with Gasteiger partial charge in [0.2, 0.25) is 0 Å². The molecule has 12 nitrogen and oxygen atoms in total. The minimum absolute atomic E-state index is 0.0611. The first-order chi connectivity index (χ1) is 11.2. The summed E-state index contributed by atoms with van der Waals surface area (Å²) >= 11 is 0. The molecule has 0 spiro atoms. The summed E-state index contributed by atoms with van der Waals surface area (Å²) in [5.74, 6) is -2.22. The molecule has 0 heterocycles. The molecule has 0 aliphatic rings. The molecule has 0 aromatic heterocycles. The van der Waals surface area contributed by atoms with Gasteiger partial charge < -0.3 is 31.9 Å². The van der Waals surface area contributed by atoms with Crippen LogP contribution >= 0.6 is 0 Å². The van der Waals surface area contributed by atoms with E-state index < -0.39 is 34.4 Å². The van der Waals surface area contributed by atoms with Crippen molar-refractivity contribution in [1.29, 1.82) is 0 Å². The van der Waals surface area contributed by atoms with Gasteiger partial charge >= 0.3 is 22.3 Å². The first-order valence-electron chi connectivity index (χ1n) is 6.45. The van der Waals surface area contributed by atoms with E-state index in [0.29, 0.717) is 0 Å². The summed E-state index contributed by atoms with van der Waals surface area (Å²) in [5.41, 5.74) is 10.5. The Morgan fingerprint density at radius 2 is 1.04 bits per heavy atom. The van der Waals surface area contributed by atoms with Gasteiger partial charge in [-0.15, -0.1) is 0 Å². The summed E-state index contributed by atoms with van der Waals surface area (Å²) in [6.45, 7) is 6.24. The number of aliphatic hydroxyl groups excluding tert-OH is 2. The van der Waals surface area contributed by atoms with Crippen LogP contribution in [0.25, 0.3) is 0 Å². The minimum Gasteiger partial charge on any atom is -0.478 e. The summed E-state index contributed by atoms with van der Waals surface area (Å²) in [6.07, 6.45) is 0.482. The van der Waals surface area contributed by atoms with Gasteiger partial charge in [-0.25, -0.2) is 9.59 Å². The van der Waals surface area contributed by atoms with Crippen LogP contribution in [0.1, 0.15) is 12.8 Å². The fraction of sp³-hybridized carbons (Fsp3) is 0.500. The third kappa shape index (κ3) is 22.1. The second-order valence-corrected chi connectivity index (χ2v) is 5.24. The number of carboxylic acid groups (broad SMARTS) is 2. The van der Waals surface area contributed by atoms with Crippen molar-refractivity contribution in [3.63, 3.8) is 0 Å². The van der Waals surface area contributed by atoms with Gasteiger partial charge in [-0.1, -0.05) is 13.2 Å². The van der Waals surface area contributed by atoms with Crippen molar-refractivity contribution in [3.05, 3.63) is 24.3 Å². The van der Waals surface area contributed by atoms with Crippen LogP contribution in [0, 0.1) is 0 Å². The lowest BCUT2D eigenvalue weighted by Crippen LogP contribution is -2.27. The monoisotopic (exact) mass is 388 g/mol. The van der Waals surface area contributed by atoms with E-state index >= 15 is 0 Å². The molecule has 0 bridgehead atoms. The van der Waals surface area contributed by atoms with Crippen molar-refractivity contribution in [2.24, 2.45) is 11.5 Å². The van der Waals surface area contributed by atoms with Gasteiger partial charge in [0.05, 0.1) is 0 Å². The lowest BCUT2D eigenvalue weighted by Gasteiger charge is -2.07. The van der Waals surface area contributed by atoms with Crippen molar-refractivity contribution < 1.29 is 47.5 Å². The SMILES string of the molecule is C=C(C(=O)O)C(N)CCO.C=C(C(=O)O)C(N)CCO.O=S(=O)(O)O. The largest absolute Gasteiger partial charge is 0.478 e. The molecule has 2 atom stereocenters. The average Bonchev–Trinajstić information content (AvgIpc) is 2.44. The molecular weight excluding hydrogens is 364 g/mol. The van der Waals surface area contributed by atoms with E-state index in [0.717, 1.165) is 0 Å². The molecule has 0 radical (unpaired) electrons. The van der Waals surface area contributed by atoms with Gasteiger partial charge in [0.1, 0.15) is 0 Å². The van der Waals surface area contributed by atoms with Crippen molar-refractivity contribution in [2.45, 2.75) is 24.9 Å². The zero-order chi connectivity index (χ0) is 20.8. The van der Waals surface area contributed by atoms with Gasteiger partial charge in [-0.2, -0.15) is 8.42 Å². The highest BCUT2D eigenvalue weighted by Crippen LogP contribution is 2.00. The van der Waals surface area contributed by atoms with Crippen LogP contribution in [0.15, 0.2) is 24.3 Å². The minimum atomic E-state index is -4.67. The van der Waals surface area contributed by atoms with Crippen molar-refractivity contribution in [1.82, 2.24) is 0 Å². The van der Waals surface area contributed by atoms with E-state index in [2.05, 4.69) is 13.2 Å². The van der Waals surface area contributed by atoms with Crippen molar-refractivity contribution in [3.8, 4) is 0 Å². The zero-order valence-electron chi connectivity index (χ0n) is 13.3. The molecule has 0 aromatic carbocycles. The molecule has 148 valence electrons. The average molecular weight is 388 g/mol. The number of aliphatic hydroxyl groups is 2. The standard InChI is InChI=1S/2C6H11NO3.H2O4S/c2*1-4(6(9)10)5(7)2-3-8;1-5(2,3)4/h2*5,8H,1-3,7H2,(H,9,10);(H2,1,2,3,4). The van der Waals surface area contributed by atoms with E-state index in [4.69, 9.17) is 49.4 Å². The third-order valence-electron chi connectivity index (χ3n) is 2.32. The van der Waals surface area contributed by atoms with E-state index in [1.165, 1.54) is 0 Å². The fourth-order valence-electron chi connectivity index (χ4n) is 0.944. The number of hydrogen-bond acceptors (Lipinski definition) is 8. The van der Waals surface area contributed by atoms with Crippen LogP contribution in [0.2, 0.25) is 0 Å². The Labute approximate surface area is 144 Å². The molecule has 0 amide bonds. The molecule has 0 saturated heterocycles. The maximum absolute atomic E-state index is 10.2. The lowest BCUT2D eigenvalue weighted by atomic mass is 10.1. The molecule has 0 rings (SSSR count). The molecule has 0 saturated carbocycles. The number of rotatable bonds is 8.